The standard InChI is InChI=1S/C26H28N2O6/c29-24(27-22-12-13-33-23(22)25(30)31)19-10-5-11-21(19)28-26(32)34-14-20-17-8-3-1-6-15(17)16-7-2-4-9-18(16)20/h1-4,6-9,19-23H,5,10-14H2,(H,27,29)(H,28,32)(H,30,31)/t19-,21+,22?,23?/m0/s1. The summed E-state index contributed by atoms with van der Waals surface area (Å²) in [4.78, 5) is 36.8. The molecule has 2 aromatic carbocycles. The number of carboxylic acids is 1. The van der Waals surface area contributed by atoms with Crippen molar-refractivity contribution in [3.63, 3.8) is 0 Å². The molecular formula is C26H28N2O6. The number of rotatable bonds is 6. The van der Waals surface area contributed by atoms with Gasteiger partial charge in [-0.1, -0.05) is 55.0 Å². The van der Waals surface area contributed by atoms with Gasteiger partial charge in [0, 0.05) is 18.6 Å². The first kappa shape index (κ1) is 22.4. The highest BCUT2D eigenvalue weighted by Gasteiger charge is 2.40. The summed E-state index contributed by atoms with van der Waals surface area (Å²) in [5.41, 5.74) is 4.60. The molecule has 8 heteroatoms. The zero-order valence-corrected chi connectivity index (χ0v) is 18.7. The second-order valence-corrected chi connectivity index (χ2v) is 9.15. The fraction of sp³-hybridized carbons (Fsp3) is 0.423. The smallest absolute Gasteiger partial charge is 0.407 e. The van der Waals surface area contributed by atoms with E-state index in [-0.39, 0.29) is 24.5 Å². The predicted molar refractivity (Wildman–Crippen MR) is 123 cm³/mol. The summed E-state index contributed by atoms with van der Waals surface area (Å²) in [6, 6.07) is 15.4. The van der Waals surface area contributed by atoms with Crippen molar-refractivity contribution >= 4 is 18.0 Å². The summed E-state index contributed by atoms with van der Waals surface area (Å²) in [5, 5.41) is 14.9. The Morgan fingerprint density at radius 2 is 1.59 bits per heavy atom. The SMILES string of the molecule is O=C(N[C@@H]1CCC[C@@H]1C(=O)NC1CCOC1C(=O)O)OCC1c2ccccc2-c2ccccc21. The average Bonchev–Trinajstić information content (AvgIpc) is 3.55. The van der Waals surface area contributed by atoms with Crippen molar-refractivity contribution < 1.29 is 29.0 Å². The van der Waals surface area contributed by atoms with Crippen molar-refractivity contribution in [2.45, 2.75) is 49.8 Å². The fourth-order valence-corrected chi connectivity index (χ4v) is 5.51. The monoisotopic (exact) mass is 464 g/mol. The van der Waals surface area contributed by atoms with Gasteiger partial charge in [-0.15, -0.1) is 0 Å². The van der Waals surface area contributed by atoms with E-state index in [2.05, 4.69) is 34.9 Å². The maximum atomic E-state index is 12.9. The third-order valence-electron chi connectivity index (χ3n) is 7.16. The van der Waals surface area contributed by atoms with E-state index in [0.717, 1.165) is 28.7 Å². The highest BCUT2D eigenvalue weighted by molar-refractivity contribution is 5.83. The van der Waals surface area contributed by atoms with Crippen LogP contribution < -0.4 is 10.6 Å². The number of carboxylic acid groups (broad SMARTS) is 1. The van der Waals surface area contributed by atoms with Crippen LogP contribution in [0.3, 0.4) is 0 Å². The van der Waals surface area contributed by atoms with Gasteiger partial charge in [0.1, 0.15) is 6.61 Å². The minimum Gasteiger partial charge on any atom is -0.479 e. The molecule has 0 radical (unpaired) electrons. The number of carbonyl (C=O) groups excluding carboxylic acids is 2. The summed E-state index contributed by atoms with van der Waals surface area (Å²) in [6.45, 7) is 0.511. The van der Waals surface area contributed by atoms with Crippen LogP contribution in [0.25, 0.3) is 11.1 Å². The third kappa shape index (κ3) is 4.25. The molecule has 2 aromatic rings. The number of benzene rings is 2. The average molecular weight is 465 g/mol. The quantitative estimate of drug-likeness (QED) is 0.606. The first-order valence-corrected chi connectivity index (χ1v) is 11.8. The number of amides is 2. The summed E-state index contributed by atoms with van der Waals surface area (Å²) in [6.07, 6.45) is 0.991. The van der Waals surface area contributed by atoms with Gasteiger partial charge < -0.3 is 25.2 Å². The molecule has 3 N–H and O–H groups in total. The molecule has 1 saturated heterocycles. The van der Waals surface area contributed by atoms with Crippen LogP contribution in [0.5, 0.6) is 0 Å². The molecule has 34 heavy (non-hydrogen) atoms. The lowest BCUT2D eigenvalue weighted by atomic mass is 9.98. The maximum absolute atomic E-state index is 12.9. The number of aliphatic carboxylic acids is 1. The van der Waals surface area contributed by atoms with Gasteiger partial charge in [-0.05, 0) is 41.5 Å². The van der Waals surface area contributed by atoms with Gasteiger partial charge >= 0.3 is 12.1 Å². The molecule has 1 aliphatic heterocycles. The molecule has 2 fully saturated rings. The number of hydrogen-bond donors (Lipinski definition) is 3. The van der Waals surface area contributed by atoms with E-state index in [1.165, 1.54) is 0 Å². The predicted octanol–water partition coefficient (Wildman–Crippen LogP) is 3.05. The van der Waals surface area contributed by atoms with E-state index in [0.29, 0.717) is 25.9 Å². The van der Waals surface area contributed by atoms with Crippen molar-refractivity contribution in [2.75, 3.05) is 13.2 Å². The molecule has 178 valence electrons. The van der Waals surface area contributed by atoms with E-state index < -0.39 is 30.1 Å². The molecule has 4 atom stereocenters. The minimum atomic E-state index is -1.08. The molecule has 0 bridgehead atoms. The van der Waals surface area contributed by atoms with E-state index in [1.807, 2.05) is 24.3 Å². The van der Waals surface area contributed by atoms with Crippen molar-refractivity contribution in [3.05, 3.63) is 59.7 Å². The number of fused-ring (bicyclic) bond motifs is 3. The molecule has 2 aliphatic carbocycles. The summed E-state index contributed by atoms with van der Waals surface area (Å²) >= 11 is 0. The lowest BCUT2D eigenvalue weighted by Gasteiger charge is -2.24. The Morgan fingerprint density at radius 3 is 2.26 bits per heavy atom. The molecule has 0 aromatic heterocycles. The van der Waals surface area contributed by atoms with Gasteiger partial charge in [-0.2, -0.15) is 0 Å². The Labute approximate surface area is 197 Å². The second kappa shape index (κ2) is 9.46. The topological polar surface area (TPSA) is 114 Å². The lowest BCUT2D eigenvalue weighted by Crippen LogP contribution is -2.50. The summed E-state index contributed by atoms with van der Waals surface area (Å²) < 4.78 is 10.8. The lowest BCUT2D eigenvalue weighted by molar-refractivity contribution is -0.148. The number of nitrogens with one attached hydrogen (secondary N) is 2. The number of hydrogen-bond acceptors (Lipinski definition) is 5. The molecule has 3 aliphatic rings. The van der Waals surface area contributed by atoms with Crippen molar-refractivity contribution in [1.82, 2.24) is 10.6 Å². The molecular weight excluding hydrogens is 436 g/mol. The maximum Gasteiger partial charge on any atom is 0.407 e. The van der Waals surface area contributed by atoms with Gasteiger partial charge in [0.15, 0.2) is 6.10 Å². The first-order chi connectivity index (χ1) is 16.5. The fourth-order valence-electron chi connectivity index (χ4n) is 5.51. The van der Waals surface area contributed by atoms with Crippen LogP contribution in [0.4, 0.5) is 4.79 Å². The molecule has 2 amide bonds. The number of alkyl carbamates (subject to hydrolysis) is 1. The Hall–Kier alpha value is -3.39. The van der Waals surface area contributed by atoms with Gasteiger partial charge in [-0.3, -0.25) is 4.79 Å². The number of ether oxygens (including phenoxy) is 2. The molecule has 1 heterocycles. The molecule has 2 unspecified atom stereocenters. The highest BCUT2D eigenvalue weighted by atomic mass is 16.5. The summed E-state index contributed by atoms with van der Waals surface area (Å²) in [5.74, 6) is -1.78. The van der Waals surface area contributed by atoms with Crippen LogP contribution >= 0.6 is 0 Å². The van der Waals surface area contributed by atoms with Crippen molar-refractivity contribution in [1.29, 1.82) is 0 Å². The van der Waals surface area contributed by atoms with E-state index in [9.17, 15) is 19.5 Å². The van der Waals surface area contributed by atoms with E-state index >= 15 is 0 Å². The van der Waals surface area contributed by atoms with Crippen LogP contribution in [0.2, 0.25) is 0 Å². The van der Waals surface area contributed by atoms with Crippen molar-refractivity contribution in [2.24, 2.45) is 5.92 Å². The number of carbonyl (C=O) groups is 3. The molecule has 8 nitrogen and oxygen atoms in total. The molecule has 5 rings (SSSR count). The van der Waals surface area contributed by atoms with Gasteiger partial charge in [-0.25, -0.2) is 9.59 Å². The minimum absolute atomic E-state index is 0.0313. The van der Waals surface area contributed by atoms with Crippen molar-refractivity contribution in [3.8, 4) is 11.1 Å². The Bertz CT molecular complexity index is 1060. The third-order valence-corrected chi connectivity index (χ3v) is 7.16. The van der Waals surface area contributed by atoms with Crippen LogP contribution in [0.1, 0.15) is 42.7 Å². The van der Waals surface area contributed by atoms with Crippen LogP contribution in [0.15, 0.2) is 48.5 Å². The molecule has 0 spiro atoms. The van der Waals surface area contributed by atoms with Gasteiger partial charge in [0.05, 0.1) is 12.0 Å². The Balaban J connectivity index is 1.19. The zero-order valence-electron chi connectivity index (χ0n) is 18.7. The van der Waals surface area contributed by atoms with E-state index in [4.69, 9.17) is 9.47 Å². The van der Waals surface area contributed by atoms with Crippen LogP contribution in [-0.4, -0.2) is 54.5 Å². The first-order valence-electron chi connectivity index (χ1n) is 11.8. The second-order valence-electron chi connectivity index (χ2n) is 9.15. The van der Waals surface area contributed by atoms with E-state index in [1.54, 1.807) is 0 Å². The highest BCUT2D eigenvalue weighted by Crippen LogP contribution is 2.44. The normalized spacial score (nSPS) is 25.4. The van der Waals surface area contributed by atoms with Gasteiger partial charge in [0.2, 0.25) is 5.91 Å². The largest absolute Gasteiger partial charge is 0.479 e. The Kier molecular flexibility index (Phi) is 6.24. The van der Waals surface area contributed by atoms with Crippen LogP contribution in [-0.2, 0) is 19.1 Å². The Morgan fingerprint density at radius 1 is 0.912 bits per heavy atom. The zero-order chi connectivity index (χ0) is 23.7. The van der Waals surface area contributed by atoms with Crippen LogP contribution in [0, 0.1) is 5.92 Å². The summed E-state index contributed by atoms with van der Waals surface area (Å²) in [7, 11) is 0. The van der Waals surface area contributed by atoms with Gasteiger partial charge in [0.25, 0.3) is 0 Å². The molecule has 1 saturated carbocycles.